The average molecular weight is 409 g/mol. The van der Waals surface area contributed by atoms with Gasteiger partial charge in [0.2, 0.25) is 5.88 Å². The molecular formula is C25H29FN2O2. The van der Waals surface area contributed by atoms with E-state index < -0.39 is 5.60 Å². The van der Waals surface area contributed by atoms with E-state index in [4.69, 9.17) is 4.74 Å². The second-order valence-electron chi connectivity index (χ2n) is 8.28. The number of fused-ring (bicyclic) bond motifs is 3. The Hall–Kier alpha value is -2.42. The molecule has 5 rings (SSSR count). The number of unbranched alkanes of at least 4 members (excludes halogenated alkanes) is 1. The Balaban J connectivity index is 1.57. The van der Waals surface area contributed by atoms with E-state index >= 15 is 0 Å². The summed E-state index contributed by atoms with van der Waals surface area (Å²) in [6.07, 6.45) is 3.81. The van der Waals surface area contributed by atoms with Gasteiger partial charge < -0.3 is 9.84 Å². The third-order valence-corrected chi connectivity index (χ3v) is 6.08. The number of benzene rings is 1. The smallest absolute Gasteiger partial charge is 0.213 e. The third-order valence-electron chi connectivity index (χ3n) is 6.08. The number of aliphatic hydroxyl groups is 1. The molecule has 5 heteroatoms. The lowest BCUT2D eigenvalue weighted by molar-refractivity contribution is -0.0713. The standard InChI is InChI=1S/C25H29FN2O2/c26-14-4-5-17-30-24-9-8-21(23(27-24)18-20-6-2-1-3-7-20)10-13-25(29)19-28-15-11-22(25)12-16-28/h1-3,6-9,22,29H,4-5,11-12,14-19H2/t25-/m1/s1. The average Bonchev–Trinajstić information content (AvgIpc) is 2.77. The van der Waals surface area contributed by atoms with Crippen molar-refractivity contribution in [2.45, 2.75) is 37.7 Å². The van der Waals surface area contributed by atoms with Crippen LogP contribution < -0.4 is 4.74 Å². The number of ether oxygens (including phenoxy) is 1. The van der Waals surface area contributed by atoms with Gasteiger partial charge in [0, 0.05) is 30.5 Å². The lowest BCUT2D eigenvalue weighted by atomic mass is 9.75. The Morgan fingerprint density at radius 2 is 1.93 bits per heavy atom. The van der Waals surface area contributed by atoms with Gasteiger partial charge in [0.25, 0.3) is 0 Å². The van der Waals surface area contributed by atoms with Crippen LogP contribution in [0, 0.1) is 17.8 Å². The lowest BCUT2D eigenvalue weighted by Crippen LogP contribution is -2.58. The molecule has 0 aliphatic carbocycles. The van der Waals surface area contributed by atoms with Crippen LogP contribution in [0.25, 0.3) is 0 Å². The second kappa shape index (κ2) is 9.59. The maximum absolute atomic E-state index is 12.3. The summed E-state index contributed by atoms with van der Waals surface area (Å²) in [6.45, 7) is 2.87. The molecule has 3 fully saturated rings. The largest absolute Gasteiger partial charge is 0.478 e. The van der Waals surface area contributed by atoms with Gasteiger partial charge in [-0.2, -0.15) is 0 Å². The van der Waals surface area contributed by atoms with E-state index in [-0.39, 0.29) is 12.6 Å². The Morgan fingerprint density at radius 3 is 2.63 bits per heavy atom. The normalized spacial score (nSPS) is 24.9. The number of hydrogen-bond acceptors (Lipinski definition) is 4. The number of rotatable bonds is 7. The highest BCUT2D eigenvalue weighted by molar-refractivity contribution is 5.44. The fourth-order valence-electron chi connectivity index (χ4n) is 4.33. The zero-order valence-corrected chi connectivity index (χ0v) is 17.3. The first-order valence-electron chi connectivity index (χ1n) is 10.9. The first-order valence-corrected chi connectivity index (χ1v) is 10.9. The van der Waals surface area contributed by atoms with Crippen molar-refractivity contribution in [3.05, 3.63) is 59.3 Å². The summed E-state index contributed by atoms with van der Waals surface area (Å²) < 4.78 is 18.0. The number of halogens is 1. The molecule has 0 amide bonds. The van der Waals surface area contributed by atoms with E-state index in [9.17, 15) is 9.50 Å². The van der Waals surface area contributed by atoms with Crippen LogP contribution in [-0.4, -0.2) is 53.5 Å². The molecular weight excluding hydrogens is 379 g/mol. The summed E-state index contributed by atoms with van der Waals surface area (Å²) in [5.74, 6) is 7.21. The molecule has 30 heavy (non-hydrogen) atoms. The number of hydrogen-bond donors (Lipinski definition) is 1. The van der Waals surface area contributed by atoms with E-state index in [1.807, 2.05) is 30.3 Å². The molecule has 1 aromatic heterocycles. The number of aromatic nitrogens is 1. The van der Waals surface area contributed by atoms with Crippen LogP contribution in [0.3, 0.4) is 0 Å². The summed E-state index contributed by atoms with van der Waals surface area (Å²) in [6, 6.07) is 13.9. The first kappa shape index (κ1) is 20.8. The van der Waals surface area contributed by atoms with Gasteiger partial charge in [0.1, 0.15) is 5.60 Å². The molecule has 2 bridgehead atoms. The van der Waals surface area contributed by atoms with E-state index in [0.717, 1.165) is 42.8 Å². The molecule has 3 aliphatic heterocycles. The number of alkyl halides is 1. The van der Waals surface area contributed by atoms with Gasteiger partial charge >= 0.3 is 0 Å². The highest BCUT2D eigenvalue weighted by atomic mass is 19.1. The molecule has 3 aliphatic rings. The van der Waals surface area contributed by atoms with Crippen LogP contribution in [0.2, 0.25) is 0 Å². The van der Waals surface area contributed by atoms with Crippen molar-refractivity contribution in [3.8, 4) is 17.7 Å². The molecule has 1 aromatic carbocycles. The van der Waals surface area contributed by atoms with Crippen molar-refractivity contribution >= 4 is 0 Å². The summed E-state index contributed by atoms with van der Waals surface area (Å²) in [4.78, 5) is 6.99. The number of nitrogens with zero attached hydrogens (tertiary/aromatic N) is 2. The highest BCUT2D eigenvalue weighted by Crippen LogP contribution is 2.35. The van der Waals surface area contributed by atoms with Crippen LogP contribution in [0.4, 0.5) is 4.39 Å². The molecule has 0 unspecified atom stereocenters. The molecule has 158 valence electrons. The van der Waals surface area contributed by atoms with Crippen LogP contribution >= 0.6 is 0 Å². The zero-order chi connectivity index (χ0) is 20.8. The van der Waals surface area contributed by atoms with Crippen molar-refractivity contribution in [1.82, 2.24) is 9.88 Å². The van der Waals surface area contributed by atoms with Crippen molar-refractivity contribution in [1.29, 1.82) is 0 Å². The van der Waals surface area contributed by atoms with E-state index in [1.54, 1.807) is 0 Å². The SMILES string of the molecule is O[C@]1(C#Cc2ccc(OCCCCF)nc2Cc2ccccc2)CN2CCC1CC2. The minimum atomic E-state index is -0.942. The van der Waals surface area contributed by atoms with Crippen molar-refractivity contribution in [3.63, 3.8) is 0 Å². The fourth-order valence-corrected chi connectivity index (χ4v) is 4.33. The molecule has 2 aromatic rings. The van der Waals surface area contributed by atoms with Gasteiger partial charge in [-0.15, -0.1) is 0 Å². The fraction of sp³-hybridized carbons (Fsp3) is 0.480. The molecule has 1 N–H and O–H groups in total. The highest BCUT2D eigenvalue weighted by Gasteiger charge is 2.44. The summed E-state index contributed by atoms with van der Waals surface area (Å²) >= 11 is 0. The second-order valence-corrected chi connectivity index (χ2v) is 8.28. The van der Waals surface area contributed by atoms with Gasteiger partial charge in [-0.05, 0) is 50.4 Å². The van der Waals surface area contributed by atoms with Crippen LogP contribution in [0.5, 0.6) is 5.88 Å². The Labute approximate surface area is 178 Å². The van der Waals surface area contributed by atoms with Crippen molar-refractivity contribution in [2.75, 3.05) is 32.9 Å². The molecule has 3 saturated heterocycles. The molecule has 0 spiro atoms. The Kier molecular flexibility index (Phi) is 6.66. The Morgan fingerprint density at radius 1 is 1.13 bits per heavy atom. The van der Waals surface area contributed by atoms with Gasteiger partial charge in [-0.25, -0.2) is 4.98 Å². The predicted molar refractivity (Wildman–Crippen MR) is 115 cm³/mol. The molecule has 0 saturated carbocycles. The summed E-state index contributed by atoms with van der Waals surface area (Å²) in [7, 11) is 0. The van der Waals surface area contributed by atoms with Crippen LogP contribution in [0.1, 0.15) is 42.5 Å². The monoisotopic (exact) mass is 408 g/mol. The maximum atomic E-state index is 12.3. The van der Waals surface area contributed by atoms with E-state index in [0.29, 0.717) is 38.3 Å². The zero-order valence-electron chi connectivity index (χ0n) is 17.3. The predicted octanol–water partition coefficient (Wildman–Crippen LogP) is 3.61. The summed E-state index contributed by atoms with van der Waals surface area (Å²) in [5, 5.41) is 11.1. The number of piperidine rings is 3. The van der Waals surface area contributed by atoms with Gasteiger partial charge in [-0.1, -0.05) is 42.2 Å². The third kappa shape index (κ3) is 5.00. The molecule has 1 atom stereocenters. The van der Waals surface area contributed by atoms with E-state index in [1.165, 1.54) is 0 Å². The van der Waals surface area contributed by atoms with Gasteiger partial charge in [0.15, 0.2) is 0 Å². The molecule has 4 heterocycles. The number of pyridine rings is 1. The van der Waals surface area contributed by atoms with E-state index in [2.05, 4.69) is 33.9 Å². The first-order chi connectivity index (χ1) is 14.7. The summed E-state index contributed by atoms with van der Waals surface area (Å²) in [5.41, 5.74) is 1.85. The topological polar surface area (TPSA) is 45.6 Å². The quantitative estimate of drug-likeness (QED) is 0.562. The molecule has 0 radical (unpaired) electrons. The maximum Gasteiger partial charge on any atom is 0.213 e. The lowest BCUT2D eigenvalue weighted by Gasteiger charge is -2.47. The minimum Gasteiger partial charge on any atom is -0.478 e. The van der Waals surface area contributed by atoms with Gasteiger partial charge in [-0.3, -0.25) is 9.29 Å². The van der Waals surface area contributed by atoms with Crippen LogP contribution in [0.15, 0.2) is 42.5 Å². The minimum absolute atomic E-state index is 0.249. The molecule has 4 nitrogen and oxygen atoms in total. The van der Waals surface area contributed by atoms with Crippen LogP contribution in [-0.2, 0) is 6.42 Å². The van der Waals surface area contributed by atoms with Crippen molar-refractivity contribution in [2.24, 2.45) is 5.92 Å². The van der Waals surface area contributed by atoms with Crippen molar-refractivity contribution < 1.29 is 14.2 Å². The van der Waals surface area contributed by atoms with Gasteiger partial charge in [0.05, 0.1) is 19.0 Å². The Bertz CT molecular complexity index is 900.